The van der Waals surface area contributed by atoms with Crippen molar-refractivity contribution in [3.8, 4) is 0 Å². The van der Waals surface area contributed by atoms with Crippen LogP contribution in [0.3, 0.4) is 0 Å². The van der Waals surface area contributed by atoms with Gasteiger partial charge < -0.3 is 14.3 Å². The summed E-state index contributed by atoms with van der Waals surface area (Å²) in [5, 5.41) is 8.86. The third-order valence-electron chi connectivity index (χ3n) is 2.62. The lowest BCUT2D eigenvalue weighted by Gasteiger charge is -2.18. The molecule has 6 heteroatoms. The molecule has 0 unspecified atom stereocenters. The van der Waals surface area contributed by atoms with E-state index in [-0.39, 0.29) is 12.0 Å². The molecule has 0 aliphatic heterocycles. The van der Waals surface area contributed by atoms with Crippen molar-refractivity contribution in [1.82, 2.24) is 9.88 Å². The first-order valence-electron chi connectivity index (χ1n) is 6.21. The fourth-order valence-electron chi connectivity index (χ4n) is 1.55. The largest absolute Gasteiger partial charge is 0.480 e. The number of hydrogen-bond acceptors (Lipinski definition) is 5. The van der Waals surface area contributed by atoms with Gasteiger partial charge in [0.25, 0.3) is 0 Å². The normalized spacial score (nSPS) is 12.1. The van der Waals surface area contributed by atoms with Crippen LogP contribution in [0.25, 0.3) is 0 Å². The molecule has 108 valence electrons. The van der Waals surface area contributed by atoms with E-state index in [9.17, 15) is 4.79 Å². The average Bonchev–Trinajstić information content (AvgIpc) is 2.73. The lowest BCUT2D eigenvalue weighted by Crippen LogP contribution is -2.32. The van der Waals surface area contributed by atoms with Gasteiger partial charge in [-0.05, 0) is 0 Å². The maximum Gasteiger partial charge on any atom is 0.317 e. The first-order chi connectivity index (χ1) is 8.82. The zero-order valence-electron chi connectivity index (χ0n) is 12.0. The summed E-state index contributed by atoms with van der Waals surface area (Å²) >= 11 is 0. The topological polar surface area (TPSA) is 75.8 Å². The van der Waals surface area contributed by atoms with Gasteiger partial charge in [-0.2, -0.15) is 0 Å². The van der Waals surface area contributed by atoms with E-state index in [0.29, 0.717) is 25.6 Å². The van der Waals surface area contributed by atoms with E-state index < -0.39 is 5.97 Å². The molecule has 1 aromatic rings. The van der Waals surface area contributed by atoms with Crippen LogP contribution >= 0.6 is 0 Å². The summed E-state index contributed by atoms with van der Waals surface area (Å²) in [6.07, 6.45) is 1.70. The SMILES string of the molecule is COCCN(CC(=O)O)Cc1ncc(C(C)(C)C)o1. The maximum atomic E-state index is 10.8. The number of oxazole rings is 1. The van der Waals surface area contributed by atoms with Crippen LogP contribution in [0.15, 0.2) is 10.6 Å². The fraction of sp³-hybridized carbons (Fsp3) is 0.692. The lowest BCUT2D eigenvalue weighted by molar-refractivity contribution is -0.138. The Labute approximate surface area is 113 Å². The van der Waals surface area contributed by atoms with E-state index in [1.807, 2.05) is 20.8 Å². The maximum absolute atomic E-state index is 10.8. The summed E-state index contributed by atoms with van der Waals surface area (Å²) in [7, 11) is 1.59. The first kappa shape index (κ1) is 15.7. The minimum atomic E-state index is -0.876. The molecule has 0 spiro atoms. The third kappa shape index (κ3) is 5.40. The predicted octanol–water partition coefficient (Wildman–Crippen LogP) is 1.51. The number of carboxylic acids is 1. The molecule has 0 aliphatic carbocycles. The second-order valence-corrected chi connectivity index (χ2v) is 5.47. The Bertz CT molecular complexity index is 409. The second kappa shape index (κ2) is 6.68. The molecule has 0 saturated carbocycles. The molecule has 0 aromatic carbocycles. The number of ether oxygens (including phenoxy) is 1. The number of carboxylic acid groups (broad SMARTS) is 1. The number of aliphatic carboxylic acids is 1. The second-order valence-electron chi connectivity index (χ2n) is 5.47. The Kier molecular flexibility index (Phi) is 5.50. The van der Waals surface area contributed by atoms with Crippen LogP contribution in [0, 0.1) is 0 Å². The number of aromatic nitrogens is 1. The number of hydrogen-bond donors (Lipinski definition) is 1. The van der Waals surface area contributed by atoms with Crippen molar-refractivity contribution in [2.24, 2.45) is 0 Å². The van der Waals surface area contributed by atoms with E-state index >= 15 is 0 Å². The monoisotopic (exact) mass is 270 g/mol. The smallest absolute Gasteiger partial charge is 0.317 e. The van der Waals surface area contributed by atoms with Gasteiger partial charge in [-0.1, -0.05) is 20.8 Å². The molecule has 1 N–H and O–H groups in total. The average molecular weight is 270 g/mol. The van der Waals surface area contributed by atoms with Crippen molar-refractivity contribution >= 4 is 5.97 Å². The van der Waals surface area contributed by atoms with Crippen molar-refractivity contribution in [2.45, 2.75) is 32.7 Å². The van der Waals surface area contributed by atoms with Crippen LogP contribution in [-0.2, 0) is 21.5 Å². The molecule has 0 radical (unpaired) electrons. The van der Waals surface area contributed by atoms with Crippen LogP contribution < -0.4 is 0 Å². The Balaban J connectivity index is 2.67. The number of carbonyl (C=O) groups is 1. The summed E-state index contributed by atoms with van der Waals surface area (Å²) in [5.74, 6) is 0.450. The molecular weight excluding hydrogens is 248 g/mol. The van der Waals surface area contributed by atoms with E-state index in [1.165, 1.54) is 0 Å². The van der Waals surface area contributed by atoms with Gasteiger partial charge in [0.05, 0.1) is 25.9 Å². The van der Waals surface area contributed by atoms with Crippen molar-refractivity contribution in [3.63, 3.8) is 0 Å². The van der Waals surface area contributed by atoms with Crippen LogP contribution in [0.5, 0.6) is 0 Å². The minimum absolute atomic E-state index is 0.0589. The molecule has 1 heterocycles. The zero-order chi connectivity index (χ0) is 14.5. The number of nitrogens with zero attached hydrogens (tertiary/aromatic N) is 2. The molecule has 0 amide bonds. The van der Waals surface area contributed by atoms with Gasteiger partial charge in [0.15, 0.2) is 0 Å². The van der Waals surface area contributed by atoms with Crippen molar-refractivity contribution in [2.75, 3.05) is 26.8 Å². The van der Waals surface area contributed by atoms with Crippen LogP contribution in [0.4, 0.5) is 0 Å². The van der Waals surface area contributed by atoms with Gasteiger partial charge in [-0.25, -0.2) is 4.98 Å². The summed E-state index contributed by atoms with van der Waals surface area (Å²) in [5.41, 5.74) is -0.102. The molecule has 0 fully saturated rings. The number of rotatable bonds is 7. The van der Waals surface area contributed by atoms with Gasteiger partial charge >= 0.3 is 5.97 Å². The Hall–Kier alpha value is -1.40. The Morgan fingerprint density at radius 1 is 1.53 bits per heavy atom. The van der Waals surface area contributed by atoms with E-state index in [2.05, 4.69) is 4.98 Å². The predicted molar refractivity (Wildman–Crippen MR) is 70.0 cm³/mol. The highest BCUT2D eigenvalue weighted by atomic mass is 16.5. The van der Waals surface area contributed by atoms with Crippen molar-refractivity contribution in [1.29, 1.82) is 0 Å². The van der Waals surface area contributed by atoms with Gasteiger partial charge in [0, 0.05) is 19.1 Å². The summed E-state index contributed by atoms with van der Waals surface area (Å²) in [4.78, 5) is 16.7. The minimum Gasteiger partial charge on any atom is -0.480 e. The van der Waals surface area contributed by atoms with Crippen LogP contribution in [0.2, 0.25) is 0 Å². The quantitative estimate of drug-likeness (QED) is 0.809. The standard InChI is InChI=1S/C13H22N2O4/c1-13(2,3)10-7-14-11(19-10)8-15(5-6-18-4)9-12(16)17/h7H,5-6,8-9H2,1-4H3,(H,16,17). The molecular formula is C13H22N2O4. The molecule has 0 aliphatic rings. The fourth-order valence-corrected chi connectivity index (χ4v) is 1.55. The van der Waals surface area contributed by atoms with Crippen LogP contribution in [0.1, 0.15) is 32.4 Å². The highest BCUT2D eigenvalue weighted by molar-refractivity contribution is 5.69. The summed E-state index contributed by atoms with van der Waals surface area (Å²) in [6, 6.07) is 0. The van der Waals surface area contributed by atoms with E-state index in [4.69, 9.17) is 14.3 Å². The lowest BCUT2D eigenvalue weighted by atomic mass is 9.94. The molecule has 19 heavy (non-hydrogen) atoms. The highest BCUT2D eigenvalue weighted by Gasteiger charge is 2.20. The van der Waals surface area contributed by atoms with E-state index in [1.54, 1.807) is 18.2 Å². The third-order valence-corrected chi connectivity index (χ3v) is 2.62. The van der Waals surface area contributed by atoms with Gasteiger partial charge in [0.1, 0.15) is 5.76 Å². The van der Waals surface area contributed by atoms with Gasteiger partial charge in [0.2, 0.25) is 5.89 Å². The Morgan fingerprint density at radius 3 is 2.68 bits per heavy atom. The molecule has 1 aromatic heterocycles. The summed E-state index contributed by atoms with van der Waals surface area (Å²) < 4.78 is 10.6. The molecule has 0 bridgehead atoms. The molecule has 0 atom stereocenters. The van der Waals surface area contributed by atoms with Gasteiger partial charge in [-0.15, -0.1) is 0 Å². The van der Waals surface area contributed by atoms with Crippen molar-refractivity contribution < 1.29 is 19.1 Å². The van der Waals surface area contributed by atoms with Crippen molar-refractivity contribution in [3.05, 3.63) is 17.8 Å². The molecule has 6 nitrogen and oxygen atoms in total. The van der Waals surface area contributed by atoms with E-state index in [0.717, 1.165) is 5.76 Å². The molecule has 0 saturated heterocycles. The zero-order valence-corrected chi connectivity index (χ0v) is 12.0. The van der Waals surface area contributed by atoms with Crippen LogP contribution in [-0.4, -0.2) is 47.8 Å². The Morgan fingerprint density at radius 2 is 2.21 bits per heavy atom. The first-order valence-corrected chi connectivity index (χ1v) is 6.21. The summed E-state index contributed by atoms with van der Waals surface area (Å²) in [6.45, 7) is 7.42. The number of methoxy groups -OCH3 is 1. The van der Waals surface area contributed by atoms with Gasteiger partial charge in [-0.3, -0.25) is 9.69 Å². The molecule has 1 rings (SSSR count). The highest BCUT2D eigenvalue weighted by Crippen LogP contribution is 2.23.